The molecule has 0 aliphatic heterocycles. The standard InChI is InChI=1S/C25H29NO6/c1-4-15-31-22-13-7-18(16-23(22)30-6-3)8-14-25(29)32-17-21(27)19-9-11-20(12-10-19)26-24(28)5-2/h7-14,16H,4-6,15,17H2,1-3H3,(H,26,28)/b14-8+. The van der Waals surface area contributed by atoms with Crippen LogP contribution in [0.3, 0.4) is 0 Å². The summed E-state index contributed by atoms with van der Waals surface area (Å²) in [5.41, 5.74) is 1.73. The minimum atomic E-state index is -0.630. The first-order valence-corrected chi connectivity index (χ1v) is 10.6. The third-order valence-corrected chi connectivity index (χ3v) is 4.30. The Hall–Kier alpha value is -3.61. The number of anilines is 1. The average molecular weight is 440 g/mol. The highest BCUT2D eigenvalue weighted by Crippen LogP contribution is 2.29. The molecule has 2 aromatic carbocycles. The van der Waals surface area contributed by atoms with Crippen molar-refractivity contribution in [2.24, 2.45) is 0 Å². The molecule has 170 valence electrons. The van der Waals surface area contributed by atoms with Gasteiger partial charge in [-0.25, -0.2) is 4.79 Å². The van der Waals surface area contributed by atoms with E-state index in [1.54, 1.807) is 55.5 Å². The van der Waals surface area contributed by atoms with Gasteiger partial charge in [0.2, 0.25) is 5.91 Å². The van der Waals surface area contributed by atoms with Gasteiger partial charge in [0.25, 0.3) is 0 Å². The molecule has 7 heteroatoms. The van der Waals surface area contributed by atoms with Gasteiger partial charge in [-0.15, -0.1) is 0 Å². The first kappa shape index (κ1) is 24.7. The molecule has 2 rings (SSSR count). The van der Waals surface area contributed by atoms with Gasteiger partial charge in [-0.05, 0) is 61.4 Å². The van der Waals surface area contributed by atoms with E-state index in [1.807, 2.05) is 13.8 Å². The zero-order chi connectivity index (χ0) is 23.3. The molecule has 0 spiro atoms. The molecule has 7 nitrogen and oxygen atoms in total. The van der Waals surface area contributed by atoms with Crippen molar-refractivity contribution >= 4 is 29.4 Å². The lowest BCUT2D eigenvalue weighted by molar-refractivity contribution is -0.136. The van der Waals surface area contributed by atoms with Gasteiger partial charge in [-0.1, -0.05) is 19.9 Å². The fourth-order valence-electron chi connectivity index (χ4n) is 2.65. The summed E-state index contributed by atoms with van der Waals surface area (Å²) >= 11 is 0. The van der Waals surface area contributed by atoms with Crippen molar-refractivity contribution in [3.8, 4) is 11.5 Å². The Morgan fingerprint density at radius 2 is 1.69 bits per heavy atom. The first-order chi connectivity index (χ1) is 15.5. The number of amides is 1. The molecule has 32 heavy (non-hydrogen) atoms. The number of rotatable bonds is 12. The fourth-order valence-corrected chi connectivity index (χ4v) is 2.65. The number of nitrogens with one attached hydrogen (secondary N) is 1. The maximum Gasteiger partial charge on any atom is 0.331 e. The summed E-state index contributed by atoms with van der Waals surface area (Å²) in [6, 6.07) is 11.8. The highest BCUT2D eigenvalue weighted by atomic mass is 16.5. The second-order valence-corrected chi connectivity index (χ2v) is 6.83. The Balaban J connectivity index is 1.91. The van der Waals surface area contributed by atoms with Crippen LogP contribution in [0, 0.1) is 0 Å². The first-order valence-electron chi connectivity index (χ1n) is 10.6. The largest absolute Gasteiger partial charge is 0.490 e. The summed E-state index contributed by atoms with van der Waals surface area (Å²) in [5, 5.41) is 2.70. The molecule has 0 bridgehead atoms. The Bertz CT molecular complexity index is 949. The monoisotopic (exact) mass is 439 g/mol. The predicted molar refractivity (Wildman–Crippen MR) is 123 cm³/mol. The van der Waals surface area contributed by atoms with Crippen molar-refractivity contribution in [2.75, 3.05) is 25.1 Å². The molecule has 0 atom stereocenters. The molecule has 1 N–H and O–H groups in total. The molecule has 0 aromatic heterocycles. The van der Waals surface area contributed by atoms with Crippen molar-refractivity contribution in [3.05, 3.63) is 59.7 Å². The van der Waals surface area contributed by atoms with Crippen LogP contribution in [-0.2, 0) is 14.3 Å². The highest BCUT2D eigenvalue weighted by molar-refractivity contribution is 5.99. The van der Waals surface area contributed by atoms with Gasteiger partial charge < -0.3 is 19.5 Å². The van der Waals surface area contributed by atoms with Gasteiger partial charge in [0.05, 0.1) is 13.2 Å². The molecule has 0 aliphatic carbocycles. The van der Waals surface area contributed by atoms with E-state index in [1.165, 1.54) is 6.08 Å². The number of Topliss-reactive ketones (excluding diaryl/α,β-unsaturated/α-hetero) is 1. The quantitative estimate of drug-likeness (QED) is 0.294. The third kappa shape index (κ3) is 7.91. The molecular weight excluding hydrogens is 410 g/mol. The van der Waals surface area contributed by atoms with E-state index < -0.39 is 5.97 Å². The Kier molecular flexibility index (Phi) is 9.97. The Labute approximate surface area is 188 Å². The maximum atomic E-state index is 12.2. The Morgan fingerprint density at radius 3 is 2.34 bits per heavy atom. The van der Waals surface area contributed by atoms with Crippen LogP contribution in [0.25, 0.3) is 6.08 Å². The van der Waals surface area contributed by atoms with Crippen molar-refractivity contribution in [1.29, 1.82) is 0 Å². The van der Waals surface area contributed by atoms with Crippen LogP contribution in [0.5, 0.6) is 11.5 Å². The zero-order valence-electron chi connectivity index (χ0n) is 18.7. The highest BCUT2D eigenvalue weighted by Gasteiger charge is 2.10. The number of benzene rings is 2. The van der Waals surface area contributed by atoms with Crippen LogP contribution >= 0.6 is 0 Å². The van der Waals surface area contributed by atoms with E-state index in [9.17, 15) is 14.4 Å². The van der Waals surface area contributed by atoms with E-state index in [0.29, 0.717) is 42.4 Å². The molecule has 2 aromatic rings. The van der Waals surface area contributed by atoms with Crippen LogP contribution < -0.4 is 14.8 Å². The summed E-state index contributed by atoms with van der Waals surface area (Å²) in [6.07, 6.45) is 4.10. The van der Waals surface area contributed by atoms with Gasteiger partial charge in [-0.3, -0.25) is 9.59 Å². The van der Waals surface area contributed by atoms with Gasteiger partial charge in [0.1, 0.15) is 0 Å². The summed E-state index contributed by atoms with van der Waals surface area (Å²) in [6.45, 7) is 6.37. The third-order valence-electron chi connectivity index (χ3n) is 4.30. The van der Waals surface area contributed by atoms with E-state index in [4.69, 9.17) is 14.2 Å². The van der Waals surface area contributed by atoms with Crippen LogP contribution in [0.2, 0.25) is 0 Å². The van der Waals surface area contributed by atoms with Crippen molar-refractivity contribution in [1.82, 2.24) is 0 Å². The van der Waals surface area contributed by atoms with Crippen molar-refractivity contribution in [3.63, 3.8) is 0 Å². The van der Waals surface area contributed by atoms with E-state index in [0.717, 1.165) is 12.0 Å². The minimum absolute atomic E-state index is 0.110. The zero-order valence-corrected chi connectivity index (χ0v) is 18.7. The number of esters is 1. The molecule has 0 radical (unpaired) electrons. The van der Waals surface area contributed by atoms with Crippen LogP contribution in [0.15, 0.2) is 48.5 Å². The predicted octanol–water partition coefficient (Wildman–Crippen LogP) is 4.66. The van der Waals surface area contributed by atoms with Gasteiger partial charge in [0.15, 0.2) is 23.9 Å². The van der Waals surface area contributed by atoms with E-state index in [-0.39, 0.29) is 18.3 Å². The summed E-state index contributed by atoms with van der Waals surface area (Å²) in [5.74, 6) is 0.177. The van der Waals surface area contributed by atoms with Crippen LogP contribution in [-0.4, -0.2) is 37.5 Å². The number of ketones is 1. The number of hydrogen-bond acceptors (Lipinski definition) is 6. The molecule has 0 unspecified atom stereocenters. The lowest BCUT2D eigenvalue weighted by Gasteiger charge is -2.12. The number of hydrogen-bond donors (Lipinski definition) is 1. The van der Waals surface area contributed by atoms with Gasteiger partial charge >= 0.3 is 5.97 Å². The number of carbonyl (C=O) groups excluding carboxylic acids is 3. The normalized spacial score (nSPS) is 10.6. The van der Waals surface area contributed by atoms with Gasteiger partial charge in [0, 0.05) is 23.7 Å². The fraction of sp³-hybridized carbons (Fsp3) is 0.320. The second kappa shape index (κ2) is 12.9. The van der Waals surface area contributed by atoms with E-state index >= 15 is 0 Å². The van der Waals surface area contributed by atoms with Crippen molar-refractivity contribution < 1.29 is 28.6 Å². The molecule has 1 amide bonds. The Morgan fingerprint density at radius 1 is 0.938 bits per heavy atom. The maximum absolute atomic E-state index is 12.2. The number of carbonyl (C=O) groups is 3. The lowest BCUT2D eigenvalue weighted by Crippen LogP contribution is -2.13. The summed E-state index contributed by atoms with van der Waals surface area (Å²) < 4.78 is 16.3. The van der Waals surface area contributed by atoms with Crippen molar-refractivity contribution in [2.45, 2.75) is 33.6 Å². The molecule has 0 aliphatic rings. The molecule has 0 heterocycles. The molecule has 0 saturated carbocycles. The van der Waals surface area contributed by atoms with Gasteiger partial charge in [-0.2, -0.15) is 0 Å². The van der Waals surface area contributed by atoms with E-state index in [2.05, 4.69) is 5.32 Å². The molecular formula is C25H29NO6. The second-order valence-electron chi connectivity index (χ2n) is 6.83. The summed E-state index contributed by atoms with van der Waals surface area (Å²) in [7, 11) is 0. The van der Waals surface area contributed by atoms with Crippen LogP contribution in [0.4, 0.5) is 5.69 Å². The lowest BCUT2D eigenvalue weighted by atomic mass is 10.1. The summed E-state index contributed by atoms with van der Waals surface area (Å²) in [4.78, 5) is 35.6. The molecule has 0 fully saturated rings. The minimum Gasteiger partial charge on any atom is -0.490 e. The smallest absolute Gasteiger partial charge is 0.331 e. The average Bonchev–Trinajstić information content (AvgIpc) is 2.81. The van der Waals surface area contributed by atoms with Crippen LogP contribution in [0.1, 0.15) is 49.5 Å². The topological polar surface area (TPSA) is 90.9 Å². The molecule has 0 saturated heterocycles. The SMILES string of the molecule is CCCOc1ccc(/C=C/C(=O)OCC(=O)c2ccc(NC(=O)CC)cc2)cc1OCC. The number of ether oxygens (including phenoxy) is 3.